The third-order valence-corrected chi connectivity index (χ3v) is 3.25. The highest BCUT2D eigenvalue weighted by atomic mass is 32.1. The number of carbonyl (C=O) groups excluding carboxylic acids is 1. The first-order chi connectivity index (χ1) is 8.54. The number of aromatic carboxylic acids is 1. The number of carbonyl (C=O) groups is 2. The fourth-order valence-corrected chi connectivity index (χ4v) is 2.14. The molecule has 1 aromatic heterocycles. The predicted octanol–water partition coefficient (Wildman–Crippen LogP) is 2.05. The van der Waals surface area contributed by atoms with Gasteiger partial charge in [-0.3, -0.25) is 4.79 Å². The first-order valence-electron chi connectivity index (χ1n) is 5.77. The van der Waals surface area contributed by atoms with Crippen molar-refractivity contribution in [2.45, 2.75) is 26.7 Å². The van der Waals surface area contributed by atoms with Crippen LogP contribution in [0.1, 0.15) is 34.3 Å². The van der Waals surface area contributed by atoms with Gasteiger partial charge >= 0.3 is 5.97 Å². The van der Waals surface area contributed by atoms with Crippen molar-refractivity contribution >= 4 is 23.2 Å². The Bertz CT molecular complexity index is 428. The van der Waals surface area contributed by atoms with Gasteiger partial charge in [-0.1, -0.05) is 13.3 Å². The standard InChI is InChI=1S/C12H17NO4S/c1-3-4-5-13-10(14)7-17-9-6-8(2)18-11(9)12(15)16/h6H,3-5,7H2,1-2H3,(H,13,14)(H,15,16). The van der Waals surface area contributed by atoms with Crippen molar-refractivity contribution in [3.8, 4) is 5.75 Å². The number of carboxylic acids is 1. The van der Waals surface area contributed by atoms with Crippen molar-refractivity contribution in [3.05, 3.63) is 15.8 Å². The number of amides is 1. The lowest BCUT2D eigenvalue weighted by Gasteiger charge is -2.06. The van der Waals surface area contributed by atoms with Crippen LogP contribution in [-0.2, 0) is 4.79 Å². The molecule has 1 aromatic rings. The van der Waals surface area contributed by atoms with Crippen LogP contribution in [0.5, 0.6) is 5.75 Å². The van der Waals surface area contributed by atoms with E-state index >= 15 is 0 Å². The molecular weight excluding hydrogens is 254 g/mol. The van der Waals surface area contributed by atoms with Crippen molar-refractivity contribution in [1.29, 1.82) is 0 Å². The van der Waals surface area contributed by atoms with Gasteiger partial charge in [0.15, 0.2) is 11.5 Å². The lowest BCUT2D eigenvalue weighted by atomic mass is 10.3. The van der Waals surface area contributed by atoms with Gasteiger partial charge in [-0.2, -0.15) is 0 Å². The van der Waals surface area contributed by atoms with Crippen molar-refractivity contribution < 1.29 is 19.4 Å². The summed E-state index contributed by atoms with van der Waals surface area (Å²) in [6, 6.07) is 1.63. The molecule has 0 saturated carbocycles. The van der Waals surface area contributed by atoms with Crippen LogP contribution in [0.2, 0.25) is 0 Å². The van der Waals surface area contributed by atoms with Gasteiger partial charge in [-0.15, -0.1) is 11.3 Å². The Balaban J connectivity index is 2.48. The van der Waals surface area contributed by atoms with E-state index in [0.29, 0.717) is 6.54 Å². The number of nitrogens with one attached hydrogen (secondary N) is 1. The molecule has 18 heavy (non-hydrogen) atoms. The average molecular weight is 271 g/mol. The van der Waals surface area contributed by atoms with Crippen LogP contribution in [0.15, 0.2) is 6.07 Å². The Morgan fingerprint density at radius 3 is 2.83 bits per heavy atom. The van der Waals surface area contributed by atoms with Crippen molar-refractivity contribution in [3.63, 3.8) is 0 Å². The quantitative estimate of drug-likeness (QED) is 0.744. The molecule has 0 aliphatic heterocycles. The van der Waals surface area contributed by atoms with Crippen LogP contribution in [0.4, 0.5) is 0 Å². The number of rotatable bonds is 7. The van der Waals surface area contributed by atoms with Gasteiger partial charge in [0, 0.05) is 11.4 Å². The smallest absolute Gasteiger partial charge is 0.349 e. The Morgan fingerprint density at radius 2 is 2.22 bits per heavy atom. The highest BCUT2D eigenvalue weighted by molar-refractivity contribution is 7.14. The zero-order chi connectivity index (χ0) is 13.5. The maximum atomic E-state index is 11.4. The molecule has 0 radical (unpaired) electrons. The molecule has 1 rings (SSSR count). The number of hydrogen-bond donors (Lipinski definition) is 2. The van der Waals surface area contributed by atoms with E-state index in [9.17, 15) is 9.59 Å². The first-order valence-corrected chi connectivity index (χ1v) is 6.59. The summed E-state index contributed by atoms with van der Waals surface area (Å²) in [7, 11) is 0. The van der Waals surface area contributed by atoms with Gasteiger partial charge in [0.25, 0.3) is 5.91 Å². The fraction of sp³-hybridized carbons (Fsp3) is 0.500. The van der Waals surface area contributed by atoms with E-state index in [1.807, 2.05) is 6.92 Å². The lowest BCUT2D eigenvalue weighted by Crippen LogP contribution is -2.29. The van der Waals surface area contributed by atoms with Crippen LogP contribution in [0, 0.1) is 6.92 Å². The summed E-state index contributed by atoms with van der Waals surface area (Å²) in [6.07, 6.45) is 1.93. The summed E-state index contributed by atoms with van der Waals surface area (Å²) < 4.78 is 5.23. The zero-order valence-electron chi connectivity index (χ0n) is 10.5. The van der Waals surface area contributed by atoms with E-state index in [1.165, 1.54) is 0 Å². The highest BCUT2D eigenvalue weighted by Crippen LogP contribution is 2.28. The van der Waals surface area contributed by atoms with E-state index in [4.69, 9.17) is 9.84 Å². The van der Waals surface area contributed by atoms with Gasteiger partial charge in [0.2, 0.25) is 0 Å². The van der Waals surface area contributed by atoms with Crippen molar-refractivity contribution in [2.24, 2.45) is 0 Å². The van der Waals surface area contributed by atoms with Gasteiger partial charge in [-0.05, 0) is 19.4 Å². The molecule has 0 spiro atoms. The van der Waals surface area contributed by atoms with Crippen molar-refractivity contribution in [1.82, 2.24) is 5.32 Å². The summed E-state index contributed by atoms with van der Waals surface area (Å²) in [5.74, 6) is -1.01. The second kappa shape index (κ2) is 7.00. The second-order valence-corrected chi connectivity index (χ2v) is 5.10. The Labute approximate surface area is 110 Å². The average Bonchev–Trinajstić information content (AvgIpc) is 2.68. The third-order valence-electron chi connectivity index (χ3n) is 2.23. The van der Waals surface area contributed by atoms with Gasteiger partial charge < -0.3 is 15.2 Å². The van der Waals surface area contributed by atoms with E-state index < -0.39 is 5.97 Å². The SMILES string of the molecule is CCCCNC(=O)COc1cc(C)sc1C(=O)O. The van der Waals surface area contributed by atoms with E-state index in [1.54, 1.807) is 13.0 Å². The summed E-state index contributed by atoms with van der Waals surface area (Å²) in [4.78, 5) is 23.3. The maximum Gasteiger partial charge on any atom is 0.349 e. The van der Waals surface area contributed by atoms with Crippen LogP contribution in [-0.4, -0.2) is 30.1 Å². The highest BCUT2D eigenvalue weighted by Gasteiger charge is 2.16. The number of thiophene rings is 1. The van der Waals surface area contributed by atoms with Crippen LogP contribution >= 0.6 is 11.3 Å². The molecule has 0 fully saturated rings. The number of unbranched alkanes of at least 4 members (excludes halogenated alkanes) is 1. The van der Waals surface area contributed by atoms with Gasteiger partial charge in [0.1, 0.15) is 5.75 Å². The number of aryl methyl sites for hydroxylation is 1. The number of hydrogen-bond acceptors (Lipinski definition) is 4. The molecule has 0 aromatic carbocycles. The predicted molar refractivity (Wildman–Crippen MR) is 69.4 cm³/mol. The van der Waals surface area contributed by atoms with E-state index in [2.05, 4.69) is 5.32 Å². The molecular formula is C12H17NO4S. The monoisotopic (exact) mass is 271 g/mol. The zero-order valence-corrected chi connectivity index (χ0v) is 11.3. The molecule has 2 N–H and O–H groups in total. The van der Waals surface area contributed by atoms with Crippen LogP contribution in [0.3, 0.4) is 0 Å². The molecule has 0 aliphatic carbocycles. The van der Waals surface area contributed by atoms with Gasteiger partial charge in [-0.25, -0.2) is 4.79 Å². The van der Waals surface area contributed by atoms with E-state index in [-0.39, 0.29) is 23.1 Å². The van der Waals surface area contributed by atoms with Gasteiger partial charge in [0.05, 0.1) is 0 Å². The molecule has 1 heterocycles. The molecule has 0 unspecified atom stereocenters. The molecule has 0 bridgehead atoms. The Kier molecular flexibility index (Phi) is 5.64. The minimum Gasteiger partial charge on any atom is -0.482 e. The lowest BCUT2D eigenvalue weighted by molar-refractivity contribution is -0.123. The van der Waals surface area contributed by atoms with Crippen LogP contribution in [0.25, 0.3) is 0 Å². The normalized spacial score (nSPS) is 10.1. The Morgan fingerprint density at radius 1 is 1.50 bits per heavy atom. The van der Waals surface area contributed by atoms with Crippen LogP contribution < -0.4 is 10.1 Å². The summed E-state index contributed by atoms with van der Waals surface area (Å²) >= 11 is 1.14. The molecule has 100 valence electrons. The molecule has 0 atom stereocenters. The largest absolute Gasteiger partial charge is 0.482 e. The molecule has 6 heteroatoms. The molecule has 1 amide bonds. The Hall–Kier alpha value is -1.56. The summed E-state index contributed by atoms with van der Waals surface area (Å²) in [6.45, 7) is 4.30. The maximum absolute atomic E-state index is 11.4. The second-order valence-electron chi connectivity index (χ2n) is 3.85. The fourth-order valence-electron chi connectivity index (χ4n) is 1.35. The molecule has 0 saturated heterocycles. The van der Waals surface area contributed by atoms with Crippen molar-refractivity contribution in [2.75, 3.05) is 13.2 Å². The minimum atomic E-state index is -1.03. The summed E-state index contributed by atoms with van der Waals surface area (Å²) in [5, 5.41) is 11.6. The summed E-state index contributed by atoms with van der Waals surface area (Å²) in [5.41, 5.74) is 0. The van der Waals surface area contributed by atoms with E-state index in [0.717, 1.165) is 29.1 Å². The topological polar surface area (TPSA) is 75.6 Å². The first kappa shape index (κ1) is 14.5. The molecule has 0 aliphatic rings. The third kappa shape index (κ3) is 4.37. The number of ether oxygens (including phenoxy) is 1. The molecule has 5 nitrogen and oxygen atoms in total. The minimum absolute atomic E-state index is 0.133. The number of carboxylic acid groups (broad SMARTS) is 1.